The van der Waals surface area contributed by atoms with E-state index < -0.39 is 22.0 Å². The van der Waals surface area contributed by atoms with Gasteiger partial charge in [-0.1, -0.05) is 0 Å². The number of carboxylic acid groups (broad SMARTS) is 1. The molecule has 22 heavy (non-hydrogen) atoms. The molecule has 1 unspecified atom stereocenters. The highest BCUT2D eigenvalue weighted by Gasteiger charge is 2.29. The highest BCUT2D eigenvalue weighted by molar-refractivity contribution is 7.89. The molecule has 2 aromatic rings. The minimum absolute atomic E-state index is 0.0484. The number of sulfonamides is 1. The van der Waals surface area contributed by atoms with Crippen LogP contribution >= 0.6 is 0 Å². The lowest BCUT2D eigenvalue weighted by Gasteiger charge is -2.14. The number of rotatable bonds is 6. The first kappa shape index (κ1) is 16.0. The molecule has 1 atom stereocenters. The van der Waals surface area contributed by atoms with Crippen molar-refractivity contribution in [3.63, 3.8) is 0 Å². The Bertz CT molecular complexity index is 753. The van der Waals surface area contributed by atoms with E-state index in [1.807, 2.05) is 0 Å². The van der Waals surface area contributed by atoms with Crippen molar-refractivity contribution in [3.05, 3.63) is 35.7 Å². The third kappa shape index (κ3) is 3.46. The Morgan fingerprint density at radius 3 is 2.50 bits per heavy atom. The molecule has 0 bridgehead atoms. The van der Waals surface area contributed by atoms with Gasteiger partial charge in [-0.2, -0.15) is 9.82 Å². The second kappa shape index (κ2) is 6.20. The predicted octanol–water partition coefficient (Wildman–Crippen LogP) is -0.209. The summed E-state index contributed by atoms with van der Waals surface area (Å²) in [7, 11) is -4.02. The lowest BCUT2D eigenvalue weighted by atomic mass is 10.2. The first-order chi connectivity index (χ1) is 10.3. The van der Waals surface area contributed by atoms with E-state index in [4.69, 9.17) is 0 Å². The fraction of sp³-hybridized carbons (Fsp3) is 0.333. The molecule has 118 valence electrons. The van der Waals surface area contributed by atoms with Crippen LogP contribution < -0.4 is 4.72 Å². The molecule has 10 heteroatoms. The molecule has 2 rings (SSSR count). The van der Waals surface area contributed by atoms with Gasteiger partial charge in [0.05, 0.1) is 11.4 Å². The number of nitrogens with one attached hydrogen (secondary N) is 2. The number of carbonyl (C=O) groups is 1. The van der Waals surface area contributed by atoms with Crippen LogP contribution in [0.4, 0.5) is 0 Å². The molecule has 3 N–H and O–H groups in total. The van der Waals surface area contributed by atoms with Crippen LogP contribution in [0.15, 0.2) is 23.4 Å². The van der Waals surface area contributed by atoms with Gasteiger partial charge in [0.25, 0.3) is 0 Å². The molecule has 0 aliphatic heterocycles. The van der Waals surface area contributed by atoms with Crippen LogP contribution in [0, 0.1) is 13.8 Å². The summed E-state index contributed by atoms with van der Waals surface area (Å²) >= 11 is 0. The van der Waals surface area contributed by atoms with E-state index in [1.54, 1.807) is 13.0 Å². The number of H-pyrrole nitrogens is 1. The molecule has 0 amide bonds. The zero-order chi connectivity index (χ0) is 16.3. The number of aliphatic carboxylic acids is 1. The van der Waals surface area contributed by atoms with Gasteiger partial charge in [0, 0.05) is 18.8 Å². The van der Waals surface area contributed by atoms with Crippen molar-refractivity contribution in [2.75, 3.05) is 0 Å². The van der Waals surface area contributed by atoms with Crippen LogP contribution in [-0.2, 0) is 21.2 Å². The molecule has 2 aromatic heterocycles. The summed E-state index contributed by atoms with van der Waals surface area (Å²) in [6.07, 6.45) is 2.76. The van der Waals surface area contributed by atoms with Gasteiger partial charge >= 0.3 is 5.97 Å². The Balaban J connectivity index is 2.26. The van der Waals surface area contributed by atoms with Crippen molar-refractivity contribution in [2.45, 2.75) is 31.2 Å². The van der Waals surface area contributed by atoms with Gasteiger partial charge in [0.15, 0.2) is 0 Å². The number of nitrogens with zero attached hydrogens (tertiary/aromatic N) is 3. The molecule has 0 saturated heterocycles. The molecular weight excluding hydrogens is 310 g/mol. The summed E-state index contributed by atoms with van der Waals surface area (Å²) in [4.78, 5) is 19.1. The van der Waals surface area contributed by atoms with Crippen LogP contribution in [0.2, 0.25) is 0 Å². The topological polar surface area (TPSA) is 138 Å². The third-order valence-corrected chi connectivity index (χ3v) is 4.66. The van der Waals surface area contributed by atoms with Crippen LogP contribution in [0.3, 0.4) is 0 Å². The van der Waals surface area contributed by atoms with Gasteiger partial charge in [-0.05, 0) is 19.9 Å². The maximum Gasteiger partial charge on any atom is 0.322 e. The van der Waals surface area contributed by atoms with E-state index in [0.29, 0.717) is 5.69 Å². The normalized spacial score (nSPS) is 13.0. The smallest absolute Gasteiger partial charge is 0.322 e. The highest BCUT2D eigenvalue weighted by Crippen LogP contribution is 2.17. The molecular formula is C12H15N5O4S. The largest absolute Gasteiger partial charge is 0.480 e. The van der Waals surface area contributed by atoms with Crippen LogP contribution in [-0.4, -0.2) is 45.7 Å². The van der Waals surface area contributed by atoms with Crippen molar-refractivity contribution < 1.29 is 18.3 Å². The number of carboxylic acids is 1. The fourth-order valence-electron chi connectivity index (χ4n) is 1.98. The molecule has 9 nitrogen and oxygen atoms in total. The van der Waals surface area contributed by atoms with Crippen molar-refractivity contribution in [1.29, 1.82) is 0 Å². The second-order valence-electron chi connectivity index (χ2n) is 4.64. The predicted molar refractivity (Wildman–Crippen MR) is 75.5 cm³/mol. The maximum absolute atomic E-state index is 12.4. The number of aryl methyl sites for hydroxylation is 2. The van der Waals surface area contributed by atoms with Crippen LogP contribution in [0.1, 0.15) is 17.2 Å². The molecule has 0 aromatic carbocycles. The standard InChI is InChI=1S/C12H15N5O4S/c1-7-11(8(2)16-15-7)22(20,21)17-9(12(18)19)6-10-13-4-3-5-14-10/h3-5,9,17H,6H2,1-2H3,(H,15,16)(H,18,19). The summed E-state index contributed by atoms with van der Waals surface area (Å²) in [5, 5.41) is 15.6. The Morgan fingerprint density at radius 2 is 2.00 bits per heavy atom. The SMILES string of the molecule is Cc1n[nH]c(C)c1S(=O)(=O)NC(Cc1ncccn1)C(=O)O. The minimum Gasteiger partial charge on any atom is -0.480 e. The third-order valence-electron chi connectivity index (χ3n) is 2.93. The van der Waals surface area contributed by atoms with E-state index in [9.17, 15) is 18.3 Å². The van der Waals surface area contributed by atoms with Gasteiger partial charge in [-0.3, -0.25) is 9.89 Å². The zero-order valence-electron chi connectivity index (χ0n) is 11.9. The summed E-state index contributed by atoms with van der Waals surface area (Å²) in [5.74, 6) is -1.08. The first-order valence-electron chi connectivity index (χ1n) is 6.34. The van der Waals surface area contributed by atoms with Crippen LogP contribution in [0.5, 0.6) is 0 Å². The van der Waals surface area contributed by atoms with Gasteiger partial charge in [0.1, 0.15) is 16.8 Å². The number of aromatic nitrogens is 4. The number of aromatic amines is 1. The summed E-state index contributed by atoms with van der Waals surface area (Å²) in [6, 6.07) is 0.211. The van der Waals surface area contributed by atoms with Gasteiger partial charge in [0.2, 0.25) is 10.0 Å². The monoisotopic (exact) mass is 325 g/mol. The molecule has 2 heterocycles. The van der Waals surface area contributed by atoms with Crippen molar-refractivity contribution in [2.24, 2.45) is 0 Å². The lowest BCUT2D eigenvalue weighted by Crippen LogP contribution is -2.42. The highest BCUT2D eigenvalue weighted by atomic mass is 32.2. The van der Waals surface area contributed by atoms with Crippen LogP contribution in [0.25, 0.3) is 0 Å². The van der Waals surface area contributed by atoms with E-state index in [2.05, 4.69) is 24.9 Å². The Morgan fingerprint density at radius 1 is 1.36 bits per heavy atom. The van der Waals surface area contributed by atoms with Gasteiger partial charge < -0.3 is 5.11 Å². The summed E-state index contributed by atoms with van der Waals surface area (Å²) in [5.41, 5.74) is 0.607. The minimum atomic E-state index is -4.02. The zero-order valence-corrected chi connectivity index (χ0v) is 12.8. The van der Waals surface area contributed by atoms with E-state index in [0.717, 1.165) is 0 Å². The van der Waals surface area contributed by atoms with E-state index in [-0.39, 0.29) is 22.8 Å². The first-order valence-corrected chi connectivity index (χ1v) is 7.82. The Hall–Kier alpha value is -2.33. The Kier molecular flexibility index (Phi) is 4.52. The molecule has 0 aliphatic carbocycles. The second-order valence-corrected chi connectivity index (χ2v) is 6.30. The van der Waals surface area contributed by atoms with Gasteiger partial charge in [-0.25, -0.2) is 18.4 Å². The van der Waals surface area contributed by atoms with Crippen molar-refractivity contribution >= 4 is 16.0 Å². The maximum atomic E-state index is 12.4. The van der Waals surface area contributed by atoms with E-state index in [1.165, 1.54) is 19.3 Å². The number of hydrogen-bond donors (Lipinski definition) is 3. The Labute approximate surface area is 126 Å². The summed E-state index contributed by atoms with van der Waals surface area (Å²) in [6.45, 7) is 3.07. The average Bonchev–Trinajstić information content (AvgIpc) is 2.79. The molecule has 0 spiro atoms. The van der Waals surface area contributed by atoms with Crippen molar-refractivity contribution in [3.8, 4) is 0 Å². The number of hydrogen-bond acceptors (Lipinski definition) is 6. The summed E-state index contributed by atoms with van der Waals surface area (Å²) < 4.78 is 26.9. The fourth-order valence-corrected chi connectivity index (χ4v) is 3.54. The molecule has 0 fully saturated rings. The molecule has 0 radical (unpaired) electrons. The molecule has 0 saturated carbocycles. The van der Waals surface area contributed by atoms with Gasteiger partial charge in [-0.15, -0.1) is 0 Å². The average molecular weight is 325 g/mol. The quantitative estimate of drug-likeness (QED) is 0.668. The lowest BCUT2D eigenvalue weighted by molar-refractivity contribution is -0.139. The van der Waals surface area contributed by atoms with Crippen molar-refractivity contribution in [1.82, 2.24) is 24.9 Å². The molecule has 0 aliphatic rings. The van der Waals surface area contributed by atoms with E-state index >= 15 is 0 Å².